The largest absolute Gasteiger partial charge is 0.480 e. The van der Waals surface area contributed by atoms with Crippen LogP contribution in [0.3, 0.4) is 0 Å². The van der Waals surface area contributed by atoms with Crippen molar-refractivity contribution in [2.24, 2.45) is 5.92 Å². The van der Waals surface area contributed by atoms with Crippen LogP contribution < -0.4 is 5.32 Å². The van der Waals surface area contributed by atoms with Gasteiger partial charge in [-0.25, -0.2) is 0 Å². The van der Waals surface area contributed by atoms with Crippen molar-refractivity contribution < 1.29 is 14.6 Å². The number of nitrogens with one attached hydrogen (secondary N) is 1. The van der Waals surface area contributed by atoms with Crippen molar-refractivity contribution >= 4 is 5.97 Å². The first-order valence-electron chi connectivity index (χ1n) is 8.09. The second-order valence-corrected chi connectivity index (χ2v) is 6.34. The average molecular weight is 285 g/mol. The van der Waals surface area contributed by atoms with Crippen molar-refractivity contribution in [3.63, 3.8) is 0 Å². The van der Waals surface area contributed by atoms with E-state index in [4.69, 9.17) is 4.74 Å². The van der Waals surface area contributed by atoms with Gasteiger partial charge in [0.05, 0.1) is 6.10 Å². The molecule has 0 saturated heterocycles. The van der Waals surface area contributed by atoms with E-state index in [1.54, 1.807) is 6.92 Å². The van der Waals surface area contributed by atoms with E-state index in [9.17, 15) is 9.90 Å². The highest BCUT2D eigenvalue weighted by atomic mass is 16.5. The second-order valence-electron chi connectivity index (χ2n) is 6.34. The zero-order valence-electron chi connectivity index (χ0n) is 13.3. The van der Waals surface area contributed by atoms with Crippen molar-refractivity contribution in [3.05, 3.63) is 0 Å². The fourth-order valence-electron chi connectivity index (χ4n) is 2.86. The van der Waals surface area contributed by atoms with E-state index in [0.717, 1.165) is 25.8 Å². The molecule has 4 heteroatoms. The summed E-state index contributed by atoms with van der Waals surface area (Å²) >= 11 is 0. The first-order valence-corrected chi connectivity index (χ1v) is 8.09. The lowest BCUT2D eigenvalue weighted by Crippen LogP contribution is -2.49. The van der Waals surface area contributed by atoms with Crippen LogP contribution in [-0.4, -0.2) is 35.9 Å². The van der Waals surface area contributed by atoms with E-state index in [2.05, 4.69) is 12.2 Å². The first kappa shape index (κ1) is 17.4. The maximum absolute atomic E-state index is 11.4. The summed E-state index contributed by atoms with van der Waals surface area (Å²) in [4.78, 5) is 11.4. The lowest BCUT2D eigenvalue weighted by Gasteiger charge is -2.30. The normalized spacial score (nSPS) is 26.1. The van der Waals surface area contributed by atoms with Crippen LogP contribution in [0, 0.1) is 5.92 Å². The van der Waals surface area contributed by atoms with Crippen LogP contribution in [0.4, 0.5) is 0 Å². The third-order valence-corrected chi connectivity index (χ3v) is 4.42. The van der Waals surface area contributed by atoms with Gasteiger partial charge in [-0.15, -0.1) is 0 Å². The molecule has 3 unspecified atom stereocenters. The van der Waals surface area contributed by atoms with Crippen LogP contribution in [0.5, 0.6) is 0 Å². The minimum Gasteiger partial charge on any atom is -0.480 e. The fraction of sp³-hybridized carbons (Fsp3) is 0.938. The molecule has 0 radical (unpaired) electrons. The Hall–Kier alpha value is -0.610. The Bertz CT molecular complexity index is 295. The zero-order valence-corrected chi connectivity index (χ0v) is 13.3. The molecule has 1 fully saturated rings. The maximum Gasteiger partial charge on any atom is 0.323 e. The van der Waals surface area contributed by atoms with Crippen LogP contribution in [0.25, 0.3) is 0 Å². The molecule has 20 heavy (non-hydrogen) atoms. The number of hydrogen-bond donors (Lipinski definition) is 2. The van der Waals surface area contributed by atoms with Gasteiger partial charge in [-0.2, -0.15) is 0 Å². The summed E-state index contributed by atoms with van der Waals surface area (Å²) in [5, 5.41) is 12.5. The van der Waals surface area contributed by atoms with Gasteiger partial charge in [0.15, 0.2) is 0 Å². The molecule has 0 amide bonds. The van der Waals surface area contributed by atoms with E-state index >= 15 is 0 Å². The van der Waals surface area contributed by atoms with Crippen molar-refractivity contribution in [1.29, 1.82) is 0 Å². The van der Waals surface area contributed by atoms with Gasteiger partial charge in [-0.05, 0) is 51.5 Å². The molecule has 0 spiro atoms. The summed E-state index contributed by atoms with van der Waals surface area (Å²) in [6.45, 7) is 7.49. The van der Waals surface area contributed by atoms with Gasteiger partial charge in [-0.1, -0.05) is 26.7 Å². The van der Waals surface area contributed by atoms with Gasteiger partial charge in [0, 0.05) is 6.61 Å². The summed E-state index contributed by atoms with van der Waals surface area (Å²) in [6, 6.07) is 0. The molecule has 0 aliphatic heterocycles. The molecule has 3 atom stereocenters. The molecule has 1 rings (SSSR count). The molecule has 1 aliphatic carbocycles. The number of hydrogen-bond acceptors (Lipinski definition) is 3. The van der Waals surface area contributed by atoms with E-state index in [0.29, 0.717) is 25.0 Å². The van der Waals surface area contributed by atoms with Crippen molar-refractivity contribution in [1.82, 2.24) is 5.32 Å². The van der Waals surface area contributed by atoms with Gasteiger partial charge >= 0.3 is 5.97 Å². The average Bonchev–Trinajstić information content (AvgIpc) is 2.43. The van der Waals surface area contributed by atoms with Crippen molar-refractivity contribution in [2.45, 2.75) is 77.4 Å². The lowest BCUT2D eigenvalue weighted by molar-refractivity contribution is -0.144. The van der Waals surface area contributed by atoms with Crippen LogP contribution in [-0.2, 0) is 9.53 Å². The number of ether oxygens (including phenoxy) is 1. The maximum atomic E-state index is 11.4. The Balaban J connectivity index is 2.28. The zero-order chi connectivity index (χ0) is 15.0. The van der Waals surface area contributed by atoms with Gasteiger partial charge < -0.3 is 15.2 Å². The number of carbonyl (C=O) groups is 1. The molecule has 2 N–H and O–H groups in total. The molecule has 0 aromatic carbocycles. The number of carboxylic acid groups (broad SMARTS) is 1. The predicted octanol–water partition coefficient (Wildman–Crippen LogP) is 3.20. The van der Waals surface area contributed by atoms with E-state index in [1.165, 1.54) is 19.3 Å². The summed E-state index contributed by atoms with van der Waals surface area (Å²) < 4.78 is 5.95. The van der Waals surface area contributed by atoms with Crippen LogP contribution in [0.1, 0.15) is 65.7 Å². The van der Waals surface area contributed by atoms with Gasteiger partial charge in [0.25, 0.3) is 0 Å². The summed E-state index contributed by atoms with van der Waals surface area (Å²) in [7, 11) is 0. The first-order chi connectivity index (χ1) is 9.49. The van der Waals surface area contributed by atoms with E-state index in [1.807, 2.05) is 6.92 Å². The summed E-state index contributed by atoms with van der Waals surface area (Å²) in [5.74, 6) is -0.121. The van der Waals surface area contributed by atoms with Gasteiger partial charge in [-0.3, -0.25) is 4.79 Å². The standard InChI is InChI=1S/C16H31NO3/c1-4-11-17-16(3,15(18)19)10-7-12-20-14-9-6-5-8-13(14)2/h13-14,17H,4-12H2,1-3H3,(H,18,19). The Morgan fingerprint density at radius 2 is 2.10 bits per heavy atom. The van der Waals surface area contributed by atoms with E-state index in [-0.39, 0.29) is 0 Å². The number of carboxylic acids is 1. The third kappa shape index (κ3) is 5.41. The summed E-state index contributed by atoms with van der Waals surface area (Å²) in [6.07, 6.45) is 7.73. The Labute approximate surface area is 123 Å². The number of aliphatic carboxylic acids is 1. The molecule has 0 aromatic heterocycles. The lowest BCUT2D eigenvalue weighted by atomic mass is 9.88. The monoisotopic (exact) mass is 285 g/mol. The molecule has 4 nitrogen and oxygen atoms in total. The van der Waals surface area contributed by atoms with Crippen LogP contribution in [0.15, 0.2) is 0 Å². The number of rotatable bonds is 9. The molecule has 0 heterocycles. The van der Waals surface area contributed by atoms with E-state index < -0.39 is 11.5 Å². The fourth-order valence-corrected chi connectivity index (χ4v) is 2.86. The second kappa shape index (κ2) is 8.63. The SMILES string of the molecule is CCCNC(C)(CCCOC1CCCCC1C)C(=O)O. The van der Waals surface area contributed by atoms with Crippen molar-refractivity contribution in [2.75, 3.05) is 13.2 Å². The van der Waals surface area contributed by atoms with Gasteiger partial charge in [0.2, 0.25) is 0 Å². The smallest absolute Gasteiger partial charge is 0.323 e. The molecular weight excluding hydrogens is 254 g/mol. The molecule has 118 valence electrons. The van der Waals surface area contributed by atoms with Crippen LogP contribution in [0.2, 0.25) is 0 Å². The topological polar surface area (TPSA) is 58.6 Å². The third-order valence-electron chi connectivity index (χ3n) is 4.42. The highest BCUT2D eigenvalue weighted by Crippen LogP contribution is 2.26. The minimum absolute atomic E-state index is 0.378. The summed E-state index contributed by atoms with van der Waals surface area (Å²) in [5.41, 5.74) is -0.822. The Kier molecular flexibility index (Phi) is 7.52. The predicted molar refractivity (Wildman–Crippen MR) is 80.9 cm³/mol. The Morgan fingerprint density at radius 1 is 1.40 bits per heavy atom. The highest BCUT2D eigenvalue weighted by molar-refractivity contribution is 5.78. The molecule has 0 aromatic rings. The van der Waals surface area contributed by atoms with Crippen LogP contribution >= 0.6 is 0 Å². The molecule has 1 saturated carbocycles. The molecule has 1 aliphatic rings. The molecular formula is C16H31NO3. The highest BCUT2D eigenvalue weighted by Gasteiger charge is 2.31. The quantitative estimate of drug-likeness (QED) is 0.639. The molecule has 0 bridgehead atoms. The van der Waals surface area contributed by atoms with Crippen molar-refractivity contribution in [3.8, 4) is 0 Å². The van der Waals surface area contributed by atoms with Gasteiger partial charge in [0.1, 0.15) is 5.54 Å². The Morgan fingerprint density at radius 3 is 2.70 bits per heavy atom. The minimum atomic E-state index is -0.822.